The van der Waals surface area contributed by atoms with Gasteiger partial charge in [-0.1, -0.05) is 29.4 Å². The third kappa shape index (κ3) is 4.69. The molecule has 0 aliphatic rings. The number of carbonyl (C=O) groups excluding carboxylic acids is 1. The summed E-state index contributed by atoms with van der Waals surface area (Å²) in [5, 5.41) is 5.28. The van der Waals surface area contributed by atoms with Crippen LogP contribution in [0.4, 0.5) is 22.0 Å². The number of alkyl halides is 5. The Labute approximate surface area is 153 Å². The molecule has 3 aromatic rings. The number of halogens is 5. The number of oxazole rings is 1. The zero-order chi connectivity index (χ0) is 20.3. The summed E-state index contributed by atoms with van der Waals surface area (Å²) in [7, 11) is 0. The molecule has 1 amide bonds. The van der Waals surface area contributed by atoms with E-state index in [1.54, 1.807) is 12.1 Å². The number of hydrogen-bond acceptors (Lipinski definition) is 6. The van der Waals surface area contributed by atoms with Gasteiger partial charge in [-0.05, 0) is 5.56 Å². The maximum absolute atomic E-state index is 12.5. The highest BCUT2D eigenvalue weighted by Crippen LogP contribution is 2.29. The molecule has 0 saturated heterocycles. The van der Waals surface area contributed by atoms with Crippen molar-refractivity contribution in [2.75, 3.05) is 6.54 Å². The van der Waals surface area contributed by atoms with Gasteiger partial charge in [0.15, 0.2) is 11.6 Å². The van der Waals surface area contributed by atoms with Gasteiger partial charge in [-0.2, -0.15) is 18.2 Å². The summed E-state index contributed by atoms with van der Waals surface area (Å²) >= 11 is 0. The van der Waals surface area contributed by atoms with Crippen molar-refractivity contribution in [1.29, 1.82) is 0 Å². The van der Waals surface area contributed by atoms with Crippen LogP contribution in [0.5, 0.6) is 0 Å². The molecule has 0 unspecified atom stereocenters. The molecule has 3 rings (SSSR count). The summed E-state index contributed by atoms with van der Waals surface area (Å²) in [6.07, 6.45) is -6.19. The van der Waals surface area contributed by atoms with Gasteiger partial charge in [0, 0.05) is 12.0 Å². The number of rotatable bonds is 6. The fourth-order valence-corrected chi connectivity index (χ4v) is 2.16. The Hall–Kier alpha value is -3.31. The van der Waals surface area contributed by atoms with Gasteiger partial charge in [-0.25, -0.2) is 13.8 Å². The fraction of sp³-hybridized carbons (Fsp3) is 0.250. The lowest BCUT2D eigenvalue weighted by molar-refractivity contribution is -0.159. The van der Waals surface area contributed by atoms with Crippen LogP contribution in [0.25, 0.3) is 11.4 Å². The number of nitrogens with one attached hydrogen (secondary N) is 1. The van der Waals surface area contributed by atoms with E-state index in [0.29, 0.717) is 11.1 Å². The highest BCUT2D eigenvalue weighted by atomic mass is 19.4. The fourth-order valence-electron chi connectivity index (χ4n) is 2.16. The second-order valence-electron chi connectivity index (χ2n) is 5.52. The minimum absolute atomic E-state index is 0.140. The smallest absolute Gasteiger partial charge is 0.448 e. The zero-order valence-electron chi connectivity index (χ0n) is 13.8. The molecular formula is C16H11F5N4O3. The quantitative estimate of drug-likeness (QED) is 0.636. The third-order valence-corrected chi connectivity index (χ3v) is 3.44. The molecule has 0 fully saturated rings. The Morgan fingerprint density at radius 1 is 1.14 bits per heavy atom. The largest absolute Gasteiger partial charge is 0.471 e. The van der Waals surface area contributed by atoms with Crippen LogP contribution in [0, 0.1) is 0 Å². The predicted molar refractivity (Wildman–Crippen MR) is 82.4 cm³/mol. The molecule has 1 aromatic carbocycles. The zero-order valence-corrected chi connectivity index (χ0v) is 13.8. The van der Waals surface area contributed by atoms with Crippen molar-refractivity contribution in [2.45, 2.75) is 19.0 Å². The minimum Gasteiger partial charge on any atom is -0.448 e. The molecule has 0 saturated carbocycles. The Bertz CT molecular complexity index is 950. The third-order valence-electron chi connectivity index (χ3n) is 3.44. The highest BCUT2D eigenvalue weighted by Gasteiger charge is 2.38. The first-order valence-electron chi connectivity index (χ1n) is 7.73. The van der Waals surface area contributed by atoms with E-state index < -0.39 is 30.9 Å². The van der Waals surface area contributed by atoms with Crippen molar-refractivity contribution in [3.8, 4) is 11.4 Å². The first-order valence-corrected chi connectivity index (χ1v) is 7.73. The van der Waals surface area contributed by atoms with Crippen LogP contribution in [0.1, 0.15) is 27.8 Å². The maximum Gasteiger partial charge on any atom is 0.471 e. The van der Waals surface area contributed by atoms with Gasteiger partial charge in [-0.15, -0.1) is 0 Å². The molecule has 2 aromatic heterocycles. The van der Waals surface area contributed by atoms with Gasteiger partial charge in [0.2, 0.25) is 5.82 Å². The van der Waals surface area contributed by atoms with Gasteiger partial charge in [-0.3, -0.25) is 4.79 Å². The molecule has 28 heavy (non-hydrogen) atoms. The highest BCUT2D eigenvalue weighted by molar-refractivity contribution is 5.91. The van der Waals surface area contributed by atoms with Crippen molar-refractivity contribution >= 4 is 5.91 Å². The Morgan fingerprint density at radius 3 is 2.46 bits per heavy atom. The summed E-state index contributed by atoms with van der Waals surface area (Å²) < 4.78 is 71.0. The maximum atomic E-state index is 12.5. The van der Waals surface area contributed by atoms with Crippen LogP contribution in [-0.4, -0.2) is 34.0 Å². The van der Waals surface area contributed by atoms with Crippen LogP contribution >= 0.6 is 0 Å². The van der Waals surface area contributed by atoms with Crippen LogP contribution in [0.2, 0.25) is 0 Å². The number of hydrogen-bond donors (Lipinski definition) is 1. The van der Waals surface area contributed by atoms with Crippen molar-refractivity contribution in [1.82, 2.24) is 20.4 Å². The molecule has 0 bridgehead atoms. The molecule has 2 heterocycles. The van der Waals surface area contributed by atoms with Gasteiger partial charge in [0.05, 0.1) is 6.54 Å². The van der Waals surface area contributed by atoms with Crippen molar-refractivity contribution < 1.29 is 35.7 Å². The van der Waals surface area contributed by atoms with Gasteiger partial charge < -0.3 is 14.3 Å². The summed E-state index contributed by atoms with van der Waals surface area (Å²) in [6, 6.07) is 6.14. The van der Waals surface area contributed by atoms with E-state index in [2.05, 4.69) is 19.6 Å². The molecule has 0 aliphatic heterocycles. The van der Waals surface area contributed by atoms with E-state index in [4.69, 9.17) is 4.42 Å². The summed E-state index contributed by atoms with van der Waals surface area (Å²) in [4.78, 5) is 18.8. The minimum atomic E-state index is -4.73. The molecular weight excluding hydrogens is 391 g/mol. The van der Waals surface area contributed by atoms with E-state index in [9.17, 15) is 26.7 Å². The monoisotopic (exact) mass is 402 g/mol. The second kappa shape index (κ2) is 7.74. The van der Waals surface area contributed by atoms with E-state index in [1.807, 2.05) is 5.32 Å². The van der Waals surface area contributed by atoms with E-state index in [1.165, 1.54) is 12.1 Å². The average Bonchev–Trinajstić information content (AvgIpc) is 3.29. The van der Waals surface area contributed by atoms with E-state index in [-0.39, 0.29) is 23.8 Å². The number of carbonyl (C=O) groups is 1. The standard InChI is InChI=1S/C16H11F5N4O3/c17-11(18)6-22-14(26)10-7-27-12(23-10)5-8-1-3-9(4-2-8)13-24-15(28-25-13)16(19,20)21/h1-4,7,11H,5-6H2,(H,22,26). The number of benzene rings is 1. The Kier molecular flexibility index (Phi) is 5.38. The molecule has 0 spiro atoms. The number of aromatic nitrogens is 3. The summed E-state index contributed by atoms with van der Waals surface area (Å²) in [5.74, 6) is -2.28. The number of nitrogens with zero attached hydrogens (tertiary/aromatic N) is 3. The Morgan fingerprint density at radius 2 is 1.86 bits per heavy atom. The topological polar surface area (TPSA) is 94.1 Å². The van der Waals surface area contributed by atoms with Crippen molar-refractivity contribution in [3.05, 3.63) is 53.6 Å². The molecule has 148 valence electrons. The van der Waals surface area contributed by atoms with Crippen LogP contribution < -0.4 is 5.32 Å². The predicted octanol–water partition coefficient (Wildman–Crippen LogP) is 3.33. The first-order chi connectivity index (χ1) is 13.2. The van der Waals surface area contributed by atoms with Gasteiger partial charge >= 0.3 is 12.1 Å². The van der Waals surface area contributed by atoms with E-state index >= 15 is 0 Å². The molecule has 7 nitrogen and oxygen atoms in total. The second-order valence-corrected chi connectivity index (χ2v) is 5.52. The van der Waals surface area contributed by atoms with Crippen LogP contribution in [0.3, 0.4) is 0 Å². The Balaban J connectivity index is 1.65. The van der Waals surface area contributed by atoms with Crippen LogP contribution in [0.15, 0.2) is 39.5 Å². The first kappa shape index (κ1) is 19.5. The lowest BCUT2D eigenvalue weighted by Crippen LogP contribution is -2.28. The molecule has 12 heteroatoms. The van der Waals surface area contributed by atoms with Crippen LogP contribution in [-0.2, 0) is 12.6 Å². The molecule has 0 atom stereocenters. The lowest BCUT2D eigenvalue weighted by atomic mass is 10.1. The summed E-state index contributed by atoms with van der Waals surface area (Å²) in [6.45, 7) is -0.797. The van der Waals surface area contributed by atoms with Crippen molar-refractivity contribution in [3.63, 3.8) is 0 Å². The van der Waals surface area contributed by atoms with Gasteiger partial charge in [0.25, 0.3) is 12.3 Å². The average molecular weight is 402 g/mol. The number of amides is 1. The molecule has 0 radical (unpaired) electrons. The molecule has 1 N–H and O–H groups in total. The van der Waals surface area contributed by atoms with Gasteiger partial charge in [0.1, 0.15) is 6.26 Å². The summed E-state index contributed by atoms with van der Waals surface area (Å²) in [5.41, 5.74) is 0.839. The lowest BCUT2D eigenvalue weighted by Gasteiger charge is -2.00. The van der Waals surface area contributed by atoms with E-state index in [0.717, 1.165) is 6.26 Å². The normalized spacial score (nSPS) is 11.8. The SMILES string of the molecule is O=C(NCC(F)F)c1coc(Cc2ccc(-c3noc(C(F)(F)F)n3)cc2)n1. The molecule has 0 aliphatic carbocycles. The van der Waals surface area contributed by atoms with Crippen molar-refractivity contribution in [2.24, 2.45) is 0 Å².